The molecule has 4 N–H and O–H groups in total. The van der Waals surface area contributed by atoms with Crippen LogP contribution in [0.5, 0.6) is 0 Å². The molecule has 0 spiro atoms. The number of carbonyl (C=O) groups excluding carboxylic acids is 4. The average Bonchev–Trinajstić information content (AvgIpc) is 2.65. The Hall–Kier alpha value is -2.94. The molecule has 9 heteroatoms. The molecule has 0 heterocycles. The Kier molecular flexibility index (Phi) is 7.73. The number of esters is 2. The van der Waals surface area contributed by atoms with E-state index in [0.717, 1.165) is 14.2 Å². The molecule has 1 rings (SSSR count). The average molecular weight is 366 g/mol. The lowest BCUT2D eigenvalue weighted by Crippen LogP contribution is -2.53. The molecule has 26 heavy (non-hydrogen) atoms. The Balaban J connectivity index is 3.03. The molecule has 3 atom stereocenters. The number of methoxy groups -OCH3 is 2. The molecule has 1 aromatic rings. The van der Waals surface area contributed by atoms with Crippen molar-refractivity contribution in [2.24, 2.45) is 17.6 Å². The standard InChI is InChI=1S/C17H22N2O7/c1-9(11(16(23)25-2)17(24)26-3)12(14(18)21)19-15(22)13(20)10-7-5-4-6-8-10/h4-9,11-13,20H,1-3H3,(H2,18,21)(H,19,22)/t9-,12-,13+/m1/s1. The van der Waals surface area contributed by atoms with Crippen LogP contribution >= 0.6 is 0 Å². The summed E-state index contributed by atoms with van der Waals surface area (Å²) >= 11 is 0. The fraction of sp³-hybridized carbons (Fsp3) is 0.412. The summed E-state index contributed by atoms with van der Waals surface area (Å²) in [7, 11) is 2.14. The maximum atomic E-state index is 12.3. The summed E-state index contributed by atoms with van der Waals surface area (Å²) in [6, 6.07) is 6.61. The molecule has 0 bridgehead atoms. The topological polar surface area (TPSA) is 145 Å². The summed E-state index contributed by atoms with van der Waals surface area (Å²) in [4.78, 5) is 47.8. The summed E-state index contributed by atoms with van der Waals surface area (Å²) in [5.41, 5.74) is 5.61. The quantitative estimate of drug-likeness (QED) is 0.407. The molecular weight excluding hydrogens is 344 g/mol. The second-order valence-corrected chi connectivity index (χ2v) is 5.58. The fourth-order valence-corrected chi connectivity index (χ4v) is 2.45. The van der Waals surface area contributed by atoms with Crippen molar-refractivity contribution in [2.45, 2.75) is 19.1 Å². The van der Waals surface area contributed by atoms with Gasteiger partial charge < -0.3 is 25.6 Å². The van der Waals surface area contributed by atoms with E-state index < -0.39 is 47.7 Å². The predicted octanol–water partition coefficient (Wildman–Crippen LogP) is -0.712. The third-order valence-electron chi connectivity index (χ3n) is 3.93. The highest BCUT2D eigenvalue weighted by atomic mass is 16.5. The Morgan fingerprint density at radius 1 is 1.04 bits per heavy atom. The number of nitrogens with two attached hydrogens (primary N) is 1. The molecule has 0 fully saturated rings. The van der Waals surface area contributed by atoms with Gasteiger partial charge in [-0.1, -0.05) is 37.3 Å². The first-order valence-corrected chi connectivity index (χ1v) is 7.72. The lowest BCUT2D eigenvalue weighted by Gasteiger charge is -2.27. The number of rotatable bonds is 8. The summed E-state index contributed by atoms with van der Waals surface area (Å²) in [6.07, 6.45) is -1.56. The minimum absolute atomic E-state index is 0.304. The van der Waals surface area contributed by atoms with Crippen LogP contribution in [0.3, 0.4) is 0 Å². The van der Waals surface area contributed by atoms with Crippen LogP contribution in [0.1, 0.15) is 18.6 Å². The maximum absolute atomic E-state index is 12.3. The number of aliphatic hydroxyl groups is 1. The SMILES string of the molecule is COC(=O)C(C(=O)OC)[C@@H](C)[C@@H](NC(=O)[C@@H](O)c1ccccc1)C(N)=O. The van der Waals surface area contributed by atoms with Crippen molar-refractivity contribution in [1.82, 2.24) is 5.32 Å². The zero-order chi connectivity index (χ0) is 19.9. The Morgan fingerprint density at radius 3 is 1.96 bits per heavy atom. The molecule has 1 aromatic carbocycles. The van der Waals surface area contributed by atoms with Crippen LogP contribution in [0.25, 0.3) is 0 Å². The molecule has 0 aliphatic carbocycles. The van der Waals surface area contributed by atoms with Gasteiger partial charge in [0.25, 0.3) is 5.91 Å². The molecule has 0 saturated carbocycles. The van der Waals surface area contributed by atoms with Crippen LogP contribution in [0.4, 0.5) is 0 Å². The van der Waals surface area contributed by atoms with Gasteiger partial charge in [0.1, 0.15) is 6.04 Å². The van der Waals surface area contributed by atoms with E-state index >= 15 is 0 Å². The maximum Gasteiger partial charge on any atom is 0.320 e. The molecule has 0 aliphatic heterocycles. The number of ether oxygens (including phenoxy) is 2. The van der Waals surface area contributed by atoms with Crippen LogP contribution in [0.15, 0.2) is 30.3 Å². The van der Waals surface area contributed by atoms with Crippen molar-refractivity contribution in [1.29, 1.82) is 0 Å². The van der Waals surface area contributed by atoms with E-state index in [-0.39, 0.29) is 0 Å². The van der Waals surface area contributed by atoms with Crippen molar-refractivity contribution in [2.75, 3.05) is 14.2 Å². The van der Waals surface area contributed by atoms with Gasteiger partial charge in [-0.15, -0.1) is 0 Å². The molecular formula is C17H22N2O7. The van der Waals surface area contributed by atoms with E-state index in [1.54, 1.807) is 18.2 Å². The highest BCUT2D eigenvalue weighted by Gasteiger charge is 2.41. The molecule has 0 saturated heterocycles. The van der Waals surface area contributed by atoms with Gasteiger partial charge in [0, 0.05) is 5.92 Å². The first-order valence-electron chi connectivity index (χ1n) is 7.72. The number of amides is 2. The first-order chi connectivity index (χ1) is 12.2. The molecule has 0 radical (unpaired) electrons. The highest BCUT2D eigenvalue weighted by Crippen LogP contribution is 2.21. The number of benzene rings is 1. The minimum atomic E-state index is -1.56. The monoisotopic (exact) mass is 366 g/mol. The normalized spacial score (nSPS) is 14.0. The Morgan fingerprint density at radius 2 is 1.54 bits per heavy atom. The highest BCUT2D eigenvalue weighted by molar-refractivity contribution is 5.97. The number of nitrogens with one attached hydrogen (secondary N) is 1. The molecule has 2 amide bonds. The van der Waals surface area contributed by atoms with Crippen molar-refractivity contribution >= 4 is 23.8 Å². The van der Waals surface area contributed by atoms with E-state index in [4.69, 9.17) is 5.73 Å². The van der Waals surface area contributed by atoms with E-state index in [1.807, 2.05) is 0 Å². The number of hydrogen-bond donors (Lipinski definition) is 3. The molecule has 9 nitrogen and oxygen atoms in total. The summed E-state index contributed by atoms with van der Waals surface area (Å²) in [6.45, 7) is 1.36. The second-order valence-electron chi connectivity index (χ2n) is 5.58. The predicted molar refractivity (Wildman–Crippen MR) is 89.2 cm³/mol. The van der Waals surface area contributed by atoms with Gasteiger partial charge >= 0.3 is 11.9 Å². The molecule has 0 unspecified atom stereocenters. The third-order valence-corrected chi connectivity index (χ3v) is 3.93. The van der Waals surface area contributed by atoms with Crippen LogP contribution in [-0.2, 0) is 28.7 Å². The Labute approximate surface area is 150 Å². The van der Waals surface area contributed by atoms with Gasteiger partial charge in [0.05, 0.1) is 14.2 Å². The number of aliphatic hydroxyl groups excluding tert-OH is 1. The zero-order valence-corrected chi connectivity index (χ0v) is 14.7. The number of hydrogen-bond acceptors (Lipinski definition) is 7. The second kappa shape index (κ2) is 9.52. The van der Waals surface area contributed by atoms with Crippen molar-refractivity contribution in [3.63, 3.8) is 0 Å². The van der Waals surface area contributed by atoms with E-state index in [0.29, 0.717) is 5.56 Å². The number of carbonyl (C=O) groups is 4. The van der Waals surface area contributed by atoms with Crippen molar-refractivity contribution < 1.29 is 33.8 Å². The van der Waals surface area contributed by atoms with Gasteiger partial charge in [-0.2, -0.15) is 0 Å². The van der Waals surface area contributed by atoms with Gasteiger partial charge in [-0.05, 0) is 5.56 Å². The van der Waals surface area contributed by atoms with Crippen molar-refractivity contribution in [3.8, 4) is 0 Å². The summed E-state index contributed by atoms with van der Waals surface area (Å²) in [5, 5.41) is 12.4. The van der Waals surface area contributed by atoms with E-state index in [2.05, 4.69) is 14.8 Å². The smallest absolute Gasteiger partial charge is 0.320 e. The van der Waals surface area contributed by atoms with Gasteiger partial charge in [-0.25, -0.2) is 0 Å². The van der Waals surface area contributed by atoms with Crippen LogP contribution < -0.4 is 11.1 Å². The van der Waals surface area contributed by atoms with Crippen LogP contribution in [0, 0.1) is 11.8 Å². The van der Waals surface area contributed by atoms with E-state index in [9.17, 15) is 24.3 Å². The summed E-state index contributed by atoms with van der Waals surface area (Å²) in [5.74, 6) is -6.30. The third kappa shape index (κ3) is 5.03. The van der Waals surface area contributed by atoms with E-state index in [1.165, 1.54) is 19.1 Å². The largest absolute Gasteiger partial charge is 0.468 e. The Bertz CT molecular complexity index is 646. The molecule has 0 aliphatic rings. The zero-order valence-electron chi connectivity index (χ0n) is 14.7. The lowest BCUT2D eigenvalue weighted by atomic mass is 9.86. The fourth-order valence-electron chi connectivity index (χ4n) is 2.45. The van der Waals surface area contributed by atoms with Crippen LogP contribution in [-0.4, -0.2) is 49.1 Å². The van der Waals surface area contributed by atoms with Gasteiger partial charge in [0.15, 0.2) is 12.0 Å². The molecule has 142 valence electrons. The van der Waals surface area contributed by atoms with Crippen LogP contribution in [0.2, 0.25) is 0 Å². The molecule has 0 aromatic heterocycles. The van der Waals surface area contributed by atoms with Crippen molar-refractivity contribution in [3.05, 3.63) is 35.9 Å². The number of primary amides is 1. The first kappa shape index (κ1) is 21.1. The van der Waals surface area contributed by atoms with Gasteiger partial charge in [-0.3, -0.25) is 19.2 Å². The minimum Gasteiger partial charge on any atom is -0.468 e. The van der Waals surface area contributed by atoms with Gasteiger partial charge in [0.2, 0.25) is 5.91 Å². The lowest BCUT2D eigenvalue weighted by molar-refractivity contribution is -0.162. The summed E-state index contributed by atoms with van der Waals surface area (Å²) < 4.78 is 9.11.